The van der Waals surface area contributed by atoms with Crippen LogP contribution >= 0.6 is 0 Å². The van der Waals surface area contributed by atoms with E-state index in [1.165, 1.54) is 12.4 Å². The molecule has 0 radical (unpaired) electrons. The number of nitrogens with zero attached hydrogens (tertiary/aromatic N) is 2. The Balaban J connectivity index is 1.97. The predicted octanol–water partition coefficient (Wildman–Crippen LogP) is 1.91. The van der Waals surface area contributed by atoms with E-state index in [1.807, 2.05) is 12.1 Å². The van der Waals surface area contributed by atoms with E-state index in [2.05, 4.69) is 20.3 Å². The maximum absolute atomic E-state index is 12.3. The number of carboxylic acids is 1. The molecule has 104 valence electrons. The molecule has 0 atom stereocenters. The molecule has 3 rings (SSSR count). The monoisotopic (exact) mass is 282 g/mol. The van der Waals surface area contributed by atoms with Gasteiger partial charge in [0.2, 0.25) is 0 Å². The highest BCUT2D eigenvalue weighted by molar-refractivity contribution is 6.12. The van der Waals surface area contributed by atoms with Crippen LogP contribution < -0.4 is 5.32 Å². The Labute approximate surface area is 118 Å². The molecule has 0 saturated carbocycles. The lowest BCUT2D eigenvalue weighted by atomic mass is 10.1. The lowest BCUT2D eigenvalue weighted by molar-refractivity contribution is 0.0691. The minimum atomic E-state index is -1.25. The highest BCUT2D eigenvalue weighted by Crippen LogP contribution is 2.18. The van der Waals surface area contributed by atoms with Gasteiger partial charge in [-0.15, -0.1) is 0 Å². The van der Waals surface area contributed by atoms with E-state index < -0.39 is 11.9 Å². The maximum Gasteiger partial charge on any atom is 0.358 e. The molecule has 0 saturated heterocycles. The lowest BCUT2D eigenvalue weighted by Gasteiger charge is -2.07. The Bertz CT molecular complexity index is 841. The van der Waals surface area contributed by atoms with Crippen molar-refractivity contribution in [3.05, 3.63) is 54.1 Å². The van der Waals surface area contributed by atoms with Gasteiger partial charge in [-0.05, 0) is 12.1 Å². The van der Waals surface area contributed by atoms with Gasteiger partial charge >= 0.3 is 5.97 Å². The number of fused-ring (bicyclic) bond motifs is 1. The second-order valence-electron chi connectivity index (χ2n) is 4.26. The maximum atomic E-state index is 12.3. The van der Waals surface area contributed by atoms with Crippen LogP contribution in [0.2, 0.25) is 0 Å². The number of rotatable bonds is 3. The van der Waals surface area contributed by atoms with Gasteiger partial charge in [-0.2, -0.15) is 0 Å². The molecule has 3 N–H and O–H groups in total. The number of aromatic amines is 1. The Morgan fingerprint density at radius 1 is 1.14 bits per heavy atom. The zero-order valence-electron chi connectivity index (χ0n) is 10.7. The van der Waals surface area contributed by atoms with Gasteiger partial charge in [-0.1, -0.05) is 12.1 Å². The van der Waals surface area contributed by atoms with Crippen LogP contribution in [-0.2, 0) is 0 Å². The third-order valence-electron chi connectivity index (χ3n) is 2.96. The smallest absolute Gasteiger partial charge is 0.358 e. The number of hydrogen-bond acceptors (Lipinski definition) is 4. The summed E-state index contributed by atoms with van der Waals surface area (Å²) in [5.74, 6) is -1.79. The average molecular weight is 282 g/mol. The van der Waals surface area contributed by atoms with Crippen molar-refractivity contribution < 1.29 is 14.7 Å². The van der Waals surface area contributed by atoms with Gasteiger partial charge in [0.15, 0.2) is 11.5 Å². The van der Waals surface area contributed by atoms with Crippen molar-refractivity contribution in [2.75, 3.05) is 5.32 Å². The highest BCUT2D eigenvalue weighted by atomic mass is 16.4. The van der Waals surface area contributed by atoms with E-state index in [-0.39, 0.29) is 11.5 Å². The minimum Gasteiger partial charge on any atom is -0.476 e. The number of amides is 1. The van der Waals surface area contributed by atoms with Crippen molar-refractivity contribution in [1.82, 2.24) is 15.0 Å². The minimum absolute atomic E-state index is 0.0847. The van der Waals surface area contributed by atoms with Gasteiger partial charge in [-0.25, -0.2) is 14.8 Å². The van der Waals surface area contributed by atoms with E-state index >= 15 is 0 Å². The van der Waals surface area contributed by atoms with E-state index in [1.54, 1.807) is 18.3 Å². The first kappa shape index (κ1) is 12.8. The van der Waals surface area contributed by atoms with Crippen molar-refractivity contribution in [2.45, 2.75) is 0 Å². The van der Waals surface area contributed by atoms with E-state index in [0.717, 1.165) is 5.39 Å². The standard InChI is InChI=1S/C14H10N4O3/c19-13(9-3-1-2-8-4-5-15-10(8)9)18-12-11(14(20)21)16-6-7-17-12/h1-7,15H,(H,20,21)(H,17,18,19). The molecular weight excluding hydrogens is 272 g/mol. The first-order chi connectivity index (χ1) is 10.2. The number of benzene rings is 1. The number of carboxylic acid groups (broad SMARTS) is 1. The van der Waals surface area contributed by atoms with E-state index in [9.17, 15) is 9.59 Å². The summed E-state index contributed by atoms with van der Waals surface area (Å²) in [4.78, 5) is 33.9. The van der Waals surface area contributed by atoms with Crippen LogP contribution in [-0.4, -0.2) is 31.9 Å². The number of nitrogens with one attached hydrogen (secondary N) is 2. The van der Waals surface area contributed by atoms with Crippen LogP contribution in [0, 0.1) is 0 Å². The molecule has 1 amide bonds. The first-order valence-corrected chi connectivity index (χ1v) is 6.08. The molecule has 2 heterocycles. The summed E-state index contributed by atoms with van der Waals surface area (Å²) < 4.78 is 0. The fourth-order valence-electron chi connectivity index (χ4n) is 2.04. The summed E-state index contributed by atoms with van der Waals surface area (Å²) >= 11 is 0. The fraction of sp³-hybridized carbons (Fsp3) is 0. The van der Waals surface area contributed by atoms with Gasteiger partial charge in [0.05, 0.1) is 11.1 Å². The molecule has 1 aromatic carbocycles. The summed E-state index contributed by atoms with van der Waals surface area (Å²) in [6.45, 7) is 0. The zero-order valence-corrected chi connectivity index (χ0v) is 10.7. The number of H-pyrrole nitrogens is 1. The molecule has 0 aliphatic carbocycles. The van der Waals surface area contributed by atoms with Crippen molar-refractivity contribution in [1.29, 1.82) is 0 Å². The molecule has 7 heteroatoms. The number of hydrogen-bond donors (Lipinski definition) is 3. The number of aromatic carboxylic acids is 1. The lowest BCUT2D eigenvalue weighted by Crippen LogP contribution is -2.17. The Morgan fingerprint density at radius 3 is 2.76 bits per heavy atom. The van der Waals surface area contributed by atoms with Gasteiger partial charge in [0.1, 0.15) is 0 Å². The first-order valence-electron chi connectivity index (χ1n) is 6.08. The van der Waals surface area contributed by atoms with Crippen molar-refractivity contribution in [2.24, 2.45) is 0 Å². The predicted molar refractivity (Wildman–Crippen MR) is 75.2 cm³/mol. The molecular formula is C14H10N4O3. The molecule has 0 unspecified atom stereocenters. The van der Waals surface area contributed by atoms with Crippen LogP contribution in [0.15, 0.2) is 42.9 Å². The SMILES string of the molecule is O=C(O)c1nccnc1NC(=O)c1cccc2cc[nH]c12. The summed E-state index contributed by atoms with van der Waals surface area (Å²) in [7, 11) is 0. The van der Waals surface area contributed by atoms with Gasteiger partial charge in [0, 0.05) is 24.0 Å². The van der Waals surface area contributed by atoms with Crippen LogP contribution in [0.5, 0.6) is 0 Å². The third kappa shape index (κ3) is 2.32. The third-order valence-corrected chi connectivity index (χ3v) is 2.96. The molecule has 7 nitrogen and oxygen atoms in total. The number of anilines is 1. The summed E-state index contributed by atoms with van der Waals surface area (Å²) in [5.41, 5.74) is 0.778. The van der Waals surface area contributed by atoms with Crippen LogP contribution in [0.1, 0.15) is 20.8 Å². The van der Waals surface area contributed by atoms with Gasteiger partial charge in [-0.3, -0.25) is 4.79 Å². The van der Waals surface area contributed by atoms with Crippen molar-refractivity contribution in [3.8, 4) is 0 Å². The topological polar surface area (TPSA) is 108 Å². The highest BCUT2D eigenvalue weighted by Gasteiger charge is 2.17. The largest absolute Gasteiger partial charge is 0.476 e. The molecule has 0 spiro atoms. The second-order valence-corrected chi connectivity index (χ2v) is 4.26. The summed E-state index contributed by atoms with van der Waals surface area (Å²) in [6.07, 6.45) is 4.30. The summed E-state index contributed by atoms with van der Waals surface area (Å²) in [5, 5.41) is 12.4. The number of carbonyl (C=O) groups excluding carboxylic acids is 1. The van der Waals surface area contributed by atoms with Crippen LogP contribution in [0.4, 0.5) is 5.82 Å². The van der Waals surface area contributed by atoms with Gasteiger partial charge < -0.3 is 15.4 Å². The number of aromatic nitrogens is 3. The Hall–Kier alpha value is -3.22. The molecule has 0 aliphatic rings. The average Bonchev–Trinajstić information content (AvgIpc) is 2.95. The molecule has 21 heavy (non-hydrogen) atoms. The molecule has 0 fully saturated rings. The quantitative estimate of drug-likeness (QED) is 0.680. The fourth-order valence-corrected chi connectivity index (χ4v) is 2.04. The molecule has 0 aliphatic heterocycles. The molecule has 2 aromatic heterocycles. The second kappa shape index (κ2) is 5.04. The number of carbonyl (C=O) groups is 2. The normalized spacial score (nSPS) is 10.5. The van der Waals surface area contributed by atoms with Crippen molar-refractivity contribution in [3.63, 3.8) is 0 Å². The number of para-hydroxylation sites is 1. The van der Waals surface area contributed by atoms with Crippen molar-refractivity contribution >= 4 is 28.6 Å². The molecule has 3 aromatic rings. The van der Waals surface area contributed by atoms with Gasteiger partial charge in [0.25, 0.3) is 5.91 Å². The van der Waals surface area contributed by atoms with Crippen LogP contribution in [0.25, 0.3) is 10.9 Å². The Morgan fingerprint density at radius 2 is 1.95 bits per heavy atom. The van der Waals surface area contributed by atoms with E-state index in [0.29, 0.717) is 11.1 Å². The zero-order chi connectivity index (χ0) is 14.8. The Kier molecular flexibility index (Phi) is 3.07. The summed E-state index contributed by atoms with van der Waals surface area (Å²) in [6, 6.07) is 7.11. The van der Waals surface area contributed by atoms with Crippen LogP contribution in [0.3, 0.4) is 0 Å². The molecule has 0 bridgehead atoms. The van der Waals surface area contributed by atoms with E-state index in [4.69, 9.17) is 5.11 Å².